The molecule has 5 heteroatoms. The minimum absolute atomic E-state index is 0.0676. The van der Waals surface area contributed by atoms with Gasteiger partial charge >= 0.3 is 0 Å². The summed E-state index contributed by atoms with van der Waals surface area (Å²) in [5.74, 6) is 0. The van der Waals surface area contributed by atoms with E-state index in [0.29, 0.717) is 0 Å². The number of rotatable bonds is 3. The first kappa shape index (κ1) is 10.1. The molecule has 0 heterocycles. The number of hydrogen-bond acceptors (Lipinski definition) is 2. The summed E-state index contributed by atoms with van der Waals surface area (Å²) in [6.07, 6.45) is -0.719. The molecule has 1 atom stereocenters. The summed E-state index contributed by atoms with van der Waals surface area (Å²) in [7, 11) is 0. The summed E-state index contributed by atoms with van der Waals surface area (Å²) in [5.41, 5.74) is 8.79. The van der Waals surface area contributed by atoms with Crippen LogP contribution >= 0.6 is 15.9 Å². The van der Waals surface area contributed by atoms with Crippen LogP contribution in [0, 0.1) is 0 Å². The van der Waals surface area contributed by atoms with Crippen molar-refractivity contribution in [3.8, 4) is 0 Å². The van der Waals surface area contributed by atoms with E-state index in [1.54, 1.807) is 12.1 Å². The van der Waals surface area contributed by atoms with Crippen LogP contribution in [0.5, 0.6) is 0 Å². The van der Waals surface area contributed by atoms with Gasteiger partial charge in [0, 0.05) is 9.38 Å². The summed E-state index contributed by atoms with van der Waals surface area (Å²) < 4.78 is 0.951. The second-order valence-corrected chi connectivity index (χ2v) is 3.40. The average Bonchev–Trinajstić information content (AvgIpc) is 2.15. The van der Waals surface area contributed by atoms with E-state index in [0.717, 1.165) is 10.0 Å². The highest BCUT2D eigenvalue weighted by atomic mass is 79.9. The molecule has 0 aliphatic carbocycles. The Hall–Kier alpha value is -1.03. The van der Waals surface area contributed by atoms with Crippen LogP contribution in [0.3, 0.4) is 0 Å². The maximum Gasteiger partial charge on any atom is 0.0846 e. The topological polar surface area (TPSA) is 69.0 Å². The van der Waals surface area contributed by atoms with E-state index in [9.17, 15) is 5.11 Å². The summed E-state index contributed by atoms with van der Waals surface area (Å²) in [4.78, 5) is 2.57. The second kappa shape index (κ2) is 4.87. The fourth-order valence-corrected chi connectivity index (χ4v) is 1.17. The largest absolute Gasteiger partial charge is 0.388 e. The molecular weight excluding hydrogens is 234 g/mol. The van der Waals surface area contributed by atoms with Crippen LogP contribution in [-0.2, 0) is 0 Å². The van der Waals surface area contributed by atoms with Crippen LogP contribution in [-0.4, -0.2) is 11.7 Å². The molecule has 0 unspecified atom stereocenters. The van der Waals surface area contributed by atoms with Crippen molar-refractivity contribution < 1.29 is 5.11 Å². The molecule has 1 N–H and O–H groups in total. The van der Waals surface area contributed by atoms with Gasteiger partial charge in [-0.15, -0.1) is 0 Å². The number of nitrogens with zero attached hydrogens (tertiary/aromatic N) is 3. The summed E-state index contributed by atoms with van der Waals surface area (Å²) in [5, 5.41) is 12.8. The first-order valence-corrected chi connectivity index (χ1v) is 4.47. The highest BCUT2D eigenvalue weighted by Gasteiger charge is 2.04. The zero-order valence-corrected chi connectivity index (χ0v) is 8.35. The minimum Gasteiger partial charge on any atom is -0.388 e. The molecule has 0 spiro atoms. The number of halogens is 1. The standard InChI is InChI=1S/C8H8BrN3O/c9-7-3-1-6(2-4-7)8(13)5-11-12-10/h1-4,8,13H,5H2/t8-/m0/s1. The SMILES string of the molecule is [N-]=[N+]=NC[C@H](O)c1ccc(Br)cc1. The van der Waals surface area contributed by atoms with E-state index in [1.165, 1.54) is 0 Å². The molecule has 0 aliphatic heterocycles. The first-order chi connectivity index (χ1) is 6.24. The van der Waals surface area contributed by atoms with Crippen LogP contribution in [0.15, 0.2) is 33.9 Å². The van der Waals surface area contributed by atoms with Crippen molar-refractivity contribution in [3.05, 3.63) is 44.7 Å². The molecule has 0 bridgehead atoms. The van der Waals surface area contributed by atoms with Crippen LogP contribution in [0.2, 0.25) is 0 Å². The van der Waals surface area contributed by atoms with E-state index in [1.807, 2.05) is 12.1 Å². The molecule has 0 saturated carbocycles. The highest BCUT2D eigenvalue weighted by Crippen LogP contribution is 2.16. The van der Waals surface area contributed by atoms with Crippen LogP contribution < -0.4 is 0 Å². The lowest BCUT2D eigenvalue weighted by Crippen LogP contribution is -1.99. The maximum absolute atomic E-state index is 9.46. The molecule has 0 aromatic heterocycles. The van der Waals surface area contributed by atoms with Crippen molar-refractivity contribution in [2.24, 2.45) is 5.11 Å². The smallest absolute Gasteiger partial charge is 0.0846 e. The van der Waals surface area contributed by atoms with Crippen molar-refractivity contribution in [1.29, 1.82) is 0 Å². The minimum atomic E-state index is -0.719. The van der Waals surface area contributed by atoms with Gasteiger partial charge in [0.15, 0.2) is 0 Å². The predicted molar refractivity (Wildman–Crippen MR) is 53.1 cm³/mol. The Labute approximate surface area is 84.0 Å². The van der Waals surface area contributed by atoms with Gasteiger partial charge in [-0.2, -0.15) is 0 Å². The zero-order chi connectivity index (χ0) is 9.68. The Bertz CT molecular complexity index is 319. The van der Waals surface area contributed by atoms with Crippen molar-refractivity contribution >= 4 is 15.9 Å². The fourth-order valence-electron chi connectivity index (χ4n) is 0.904. The van der Waals surface area contributed by atoms with Crippen molar-refractivity contribution in [2.45, 2.75) is 6.10 Å². The molecule has 0 amide bonds. The Morgan fingerprint density at radius 3 is 2.62 bits per heavy atom. The van der Waals surface area contributed by atoms with Crippen molar-refractivity contribution in [2.75, 3.05) is 6.54 Å². The van der Waals surface area contributed by atoms with Gasteiger partial charge in [0.1, 0.15) is 0 Å². The van der Waals surface area contributed by atoms with Gasteiger partial charge in [0.2, 0.25) is 0 Å². The Balaban J connectivity index is 2.71. The molecule has 1 aromatic carbocycles. The van der Waals surface area contributed by atoms with Crippen LogP contribution in [0.25, 0.3) is 10.4 Å². The number of aliphatic hydroxyl groups is 1. The number of hydrogen-bond donors (Lipinski definition) is 1. The average molecular weight is 242 g/mol. The third kappa shape index (κ3) is 3.06. The third-order valence-electron chi connectivity index (χ3n) is 1.57. The normalized spacial score (nSPS) is 11.8. The lowest BCUT2D eigenvalue weighted by Gasteiger charge is -2.06. The van der Waals surface area contributed by atoms with E-state index in [4.69, 9.17) is 5.53 Å². The molecule has 0 saturated heterocycles. The Kier molecular flexibility index (Phi) is 3.76. The quantitative estimate of drug-likeness (QED) is 0.494. The third-order valence-corrected chi connectivity index (χ3v) is 2.10. The number of aliphatic hydroxyl groups excluding tert-OH is 1. The zero-order valence-electron chi connectivity index (χ0n) is 6.76. The van der Waals surface area contributed by atoms with Gasteiger partial charge in [-0.1, -0.05) is 33.2 Å². The Morgan fingerprint density at radius 2 is 2.08 bits per heavy atom. The van der Waals surface area contributed by atoms with Crippen molar-refractivity contribution in [3.63, 3.8) is 0 Å². The van der Waals surface area contributed by atoms with Gasteiger partial charge in [-0.25, -0.2) is 0 Å². The van der Waals surface area contributed by atoms with Crippen LogP contribution in [0.4, 0.5) is 0 Å². The summed E-state index contributed by atoms with van der Waals surface area (Å²) in [6, 6.07) is 7.21. The van der Waals surface area contributed by atoms with Gasteiger partial charge in [0.05, 0.1) is 12.6 Å². The molecule has 1 aromatic rings. The van der Waals surface area contributed by atoms with E-state index in [2.05, 4.69) is 26.0 Å². The highest BCUT2D eigenvalue weighted by molar-refractivity contribution is 9.10. The molecule has 68 valence electrons. The molecule has 4 nitrogen and oxygen atoms in total. The van der Waals surface area contributed by atoms with Crippen LogP contribution in [0.1, 0.15) is 11.7 Å². The van der Waals surface area contributed by atoms with Gasteiger partial charge < -0.3 is 5.11 Å². The number of benzene rings is 1. The lowest BCUT2D eigenvalue weighted by molar-refractivity contribution is 0.187. The van der Waals surface area contributed by atoms with E-state index in [-0.39, 0.29) is 6.54 Å². The Morgan fingerprint density at radius 1 is 1.46 bits per heavy atom. The molecular formula is C8H8BrN3O. The maximum atomic E-state index is 9.46. The van der Waals surface area contributed by atoms with Crippen molar-refractivity contribution in [1.82, 2.24) is 0 Å². The monoisotopic (exact) mass is 241 g/mol. The summed E-state index contributed by atoms with van der Waals surface area (Å²) in [6.45, 7) is 0.0676. The second-order valence-electron chi connectivity index (χ2n) is 2.48. The molecule has 0 radical (unpaired) electrons. The summed E-state index contributed by atoms with van der Waals surface area (Å²) >= 11 is 3.28. The molecule has 0 fully saturated rings. The van der Waals surface area contributed by atoms with Gasteiger partial charge in [-0.05, 0) is 23.2 Å². The molecule has 13 heavy (non-hydrogen) atoms. The van der Waals surface area contributed by atoms with E-state index < -0.39 is 6.10 Å². The van der Waals surface area contributed by atoms with E-state index >= 15 is 0 Å². The van der Waals surface area contributed by atoms with Gasteiger partial charge in [-0.3, -0.25) is 0 Å². The first-order valence-electron chi connectivity index (χ1n) is 3.68. The molecule has 0 aliphatic rings. The number of azide groups is 1. The predicted octanol–water partition coefficient (Wildman–Crippen LogP) is 2.79. The fraction of sp³-hybridized carbons (Fsp3) is 0.250. The lowest BCUT2D eigenvalue weighted by atomic mass is 10.1. The van der Waals surface area contributed by atoms with Gasteiger partial charge in [0.25, 0.3) is 0 Å². The molecule has 1 rings (SSSR count).